The summed E-state index contributed by atoms with van der Waals surface area (Å²) in [5, 5.41) is 0. The fourth-order valence-electron chi connectivity index (χ4n) is 1.35. The van der Waals surface area contributed by atoms with E-state index in [1.807, 2.05) is 19.9 Å². The van der Waals surface area contributed by atoms with Gasteiger partial charge in [0.05, 0.1) is 6.10 Å². The van der Waals surface area contributed by atoms with Crippen molar-refractivity contribution in [3.05, 3.63) is 23.8 Å². The summed E-state index contributed by atoms with van der Waals surface area (Å²) < 4.78 is 39.6. The molecule has 1 aliphatic carbocycles. The number of alkyl halides is 3. The van der Waals surface area contributed by atoms with Gasteiger partial charge in [-0.3, -0.25) is 4.74 Å². The lowest BCUT2D eigenvalue weighted by Crippen LogP contribution is -2.24. The summed E-state index contributed by atoms with van der Waals surface area (Å²) in [5.41, 5.74) is 0.988. The molecule has 4 heteroatoms. The Balaban J connectivity index is 2.55. The average molecular weight is 206 g/mol. The SMILES string of the molecule is CC(C)C1=CC=CC(OC(F)(F)F)C1. The molecule has 0 radical (unpaired) electrons. The lowest BCUT2D eigenvalue weighted by Gasteiger charge is -2.22. The van der Waals surface area contributed by atoms with E-state index in [2.05, 4.69) is 4.74 Å². The fraction of sp³-hybridized carbons (Fsp3) is 0.600. The van der Waals surface area contributed by atoms with Crippen molar-refractivity contribution in [2.45, 2.75) is 32.7 Å². The molecule has 0 heterocycles. The Morgan fingerprint density at radius 3 is 2.57 bits per heavy atom. The Kier molecular flexibility index (Phi) is 3.37. The zero-order valence-corrected chi connectivity index (χ0v) is 8.14. The molecular formula is C10H13F3O. The smallest absolute Gasteiger partial charge is 0.284 e. The molecule has 0 aromatic carbocycles. The van der Waals surface area contributed by atoms with Gasteiger partial charge < -0.3 is 0 Å². The standard InChI is InChI=1S/C10H13F3O/c1-7(2)8-4-3-5-9(6-8)14-10(11,12)13/h3-5,7,9H,6H2,1-2H3. The Morgan fingerprint density at radius 2 is 2.07 bits per heavy atom. The van der Waals surface area contributed by atoms with E-state index >= 15 is 0 Å². The van der Waals surface area contributed by atoms with Gasteiger partial charge in [-0.15, -0.1) is 13.2 Å². The Hall–Kier alpha value is -0.770. The van der Waals surface area contributed by atoms with Crippen molar-refractivity contribution in [3.8, 4) is 0 Å². The molecular weight excluding hydrogens is 193 g/mol. The summed E-state index contributed by atoms with van der Waals surface area (Å²) in [6, 6.07) is 0. The molecule has 1 aliphatic rings. The van der Waals surface area contributed by atoms with Crippen molar-refractivity contribution in [2.24, 2.45) is 5.92 Å². The lowest BCUT2D eigenvalue weighted by molar-refractivity contribution is -0.336. The van der Waals surface area contributed by atoms with Crippen LogP contribution in [-0.2, 0) is 4.74 Å². The van der Waals surface area contributed by atoms with Crippen LogP contribution in [0.3, 0.4) is 0 Å². The van der Waals surface area contributed by atoms with Gasteiger partial charge in [-0.1, -0.05) is 37.6 Å². The van der Waals surface area contributed by atoms with E-state index in [9.17, 15) is 13.2 Å². The Morgan fingerprint density at radius 1 is 1.43 bits per heavy atom. The second-order valence-electron chi connectivity index (χ2n) is 3.59. The van der Waals surface area contributed by atoms with Crippen molar-refractivity contribution in [3.63, 3.8) is 0 Å². The van der Waals surface area contributed by atoms with Gasteiger partial charge in [-0.2, -0.15) is 0 Å². The molecule has 0 aromatic heterocycles. The van der Waals surface area contributed by atoms with Crippen LogP contribution in [0, 0.1) is 5.92 Å². The molecule has 80 valence electrons. The summed E-state index contributed by atoms with van der Waals surface area (Å²) in [6.45, 7) is 3.91. The number of ether oxygens (including phenoxy) is 1. The Labute approximate surface area is 81.2 Å². The molecule has 0 spiro atoms. The van der Waals surface area contributed by atoms with Gasteiger partial charge in [0.1, 0.15) is 0 Å². The van der Waals surface area contributed by atoms with Crippen LogP contribution in [0.2, 0.25) is 0 Å². The van der Waals surface area contributed by atoms with Crippen LogP contribution >= 0.6 is 0 Å². The molecule has 0 aromatic rings. The van der Waals surface area contributed by atoms with E-state index in [4.69, 9.17) is 0 Å². The first-order chi connectivity index (χ1) is 6.38. The molecule has 0 N–H and O–H groups in total. The summed E-state index contributed by atoms with van der Waals surface area (Å²) >= 11 is 0. The molecule has 0 aliphatic heterocycles. The fourth-order valence-corrected chi connectivity index (χ4v) is 1.35. The lowest BCUT2D eigenvalue weighted by atomic mass is 9.93. The van der Waals surface area contributed by atoms with Crippen molar-refractivity contribution in [2.75, 3.05) is 0 Å². The molecule has 1 rings (SSSR count). The molecule has 14 heavy (non-hydrogen) atoms. The number of allylic oxidation sites excluding steroid dienone is 2. The van der Waals surface area contributed by atoms with E-state index in [0.717, 1.165) is 5.57 Å². The van der Waals surface area contributed by atoms with Gasteiger partial charge in [-0.25, -0.2) is 0 Å². The first-order valence-corrected chi connectivity index (χ1v) is 4.50. The van der Waals surface area contributed by atoms with Crippen LogP contribution in [-0.4, -0.2) is 12.5 Å². The monoisotopic (exact) mass is 206 g/mol. The van der Waals surface area contributed by atoms with Gasteiger partial charge in [0.25, 0.3) is 0 Å². The molecule has 1 unspecified atom stereocenters. The summed E-state index contributed by atoms with van der Waals surface area (Å²) in [5.74, 6) is 0.263. The minimum absolute atomic E-state index is 0.263. The highest BCUT2D eigenvalue weighted by Gasteiger charge is 2.33. The van der Waals surface area contributed by atoms with Gasteiger partial charge >= 0.3 is 6.36 Å². The number of hydrogen-bond acceptors (Lipinski definition) is 1. The van der Waals surface area contributed by atoms with Crippen LogP contribution in [0.4, 0.5) is 13.2 Å². The summed E-state index contributed by atoms with van der Waals surface area (Å²) in [6.07, 6.45) is -0.185. The largest absolute Gasteiger partial charge is 0.523 e. The van der Waals surface area contributed by atoms with Crippen molar-refractivity contribution < 1.29 is 17.9 Å². The normalized spacial score (nSPS) is 22.7. The third-order valence-electron chi connectivity index (χ3n) is 2.10. The van der Waals surface area contributed by atoms with Crippen LogP contribution in [0.1, 0.15) is 20.3 Å². The molecule has 0 bridgehead atoms. The minimum atomic E-state index is -4.55. The van der Waals surface area contributed by atoms with Crippen molar-refractivity contribution in [1.29, 1.82) is 0 Å². The van der Waals surface area contributed by atoms with Gasteiger partial charge in [0.15, 0.2) is 0 Å². The third-order valence-corrected chi connectivity index (χ3v) is 2.10. The van der Waals surface area contributed by atoms with E-state index in [1.54, 1.807) is 6.08 Å². The maximum Gasteiger partial charge on any atom is 0.523 e. The Bertz CT molecular complexity index is 251. The van der Waals surface area contributed by atoms with Crippen molar-refractivity contribution in [1.82, 2.24) is 0 Å². The highest BCUT2D eigenvalue weighted by Crippen LogP contribution is 2.27. The number of halogens is 3. The van der Waals surface area contributed by atoms with Crippen LogP contribution < -0.4 is 0 Å². The quantitative estimate of drug-likeness (QED) is 0.672. The van der Waals surface area contributed by atoms with E-state index in [-0.39, 0.29) is 5.92 Å². The van der Waals surface area contributed by atoms with Crippen LogP contribution in [0.15, 0.2) is 23.8 Å². The first-order valence-electron chi connectivity index (χ1n) is 4.50. The van der Waals surface area contributed by atoms with Crippen molar-refractivity contribution >= 4 is 0 Å². The van der Waals surface area contributed by atoms with Crippen LogP contribution in [0.5, 0.6) is 0 Å². The maximum atomic E-state index is 11.9. The predicted molar refractivity (Wildman–Crippen MR) is 47.6 cm³/mol. The second kappa shape index (κ2) is 4.17. The molecule has 0 amide bonds. The first kappa shape index (κ1) is 11.3. The zero-order valence-electron chi connectivity index (χ0n) is 8.14. The van der Waals surface area contributed by atoms with Crippen LogP contribution in [0.25, 0.3) is 0 Å². The zero-order chi connectivity index (χ0) is 10.8. The van der Waals surface area contributed by atoms with E-state index in [1.165, 1.54) is 6.08 Å². The number of rotatable bonds is 2. The van der Waals surface area contributed by atoms with E-state index in [0.29, 0.717) is 6.42 Å². The maximum absolute atomic E-state index is 11.9. The third kappa shape index (κ3) is 3.54. The molecule has 0 saturated carbocycles. The second-order valence-corrected chi connectivity index (χ2v) is 3.59. The van der Waals surface area contributed by atoms with Gasteiger partial charge in [0, 0.05) is 0 Å². The highest BCUT2D eigenvalue weighted by molar-refractivity contribution is 5.22. The number of hydrogen-bond donors (Lipinski definition) is 0. The molecule has 0 saturated heterocycles. The molecule has 1 atom stereocenters. The summed E-state index contributed by atoms with van der Waals surface area (Å²) in [4.78, 5) is 0. The van der Waals surface area contributed by atoms with Gasteiger partial charge in [0.2, 0.25) is 0 Å². The minimum Gasteiger partial charge on any atom is -0.284 e. The predicted octanol–water partition coefficient (Wildman–Crippen LogP) is 3.43. The molecule has 1 nitrogen and oxygen atoms in total. The molecule has 0 fully saturated rings. The average Bonchev–Trinajstić information content (AvgIpc) is 2.01. The van der Waals surface area contributed by atoms with E-state index < -0.39 is 12.5 Å². The van der Waals surface area contributed by atoms with Gasteiger partial charge in [-0.05, 0) is 12.3 Å². The summed E-state index contributed by atoms with van der Waals surface area (Å²) in [7, 11) is 0. The topological polar surface area (TPSA) is 9.23 Å². The highest BCUT2D eigenvalue weighted by atomic mass is 19.4.